The standard InChI is InChI=1S/C12H5ClF3N3S/c13-10-7-4-2-1-3-6(7)9(18-19-10)8-5-17-11(20-8)12(14,15)16/h1-5H. The first-order valence-electron chi connectivity index (χ1n) is 5.41. The third-order valence-corrected chi connectivity index (χ3v) is 3.95. The number of nitrogens with zero attached hydrogens (tertiary/aromatic N) is 3. The monoisotopic (exact) mass is 315 g/mol. The lowest BCUT2D eigenvalue weighted by atomic mass is 10.1. The number of halogens is 4. The quantitative estimate of drug-likeness (QED) is 0.667. The molecule has 0 aliphatic carbocycles. The van der Waals surface area contributed by atoms with E-state index in [0.29, 0.717) is 32.7 Å². The Balaban J connectivity index is 2.20. The van der Waals surface area contributed by atoms with Crippen LogP contribution in [0.3, 0.4) is 0 Å². The second-order valence-corrected chi connectivity index (χ2v) is 5.30. The molecule has 3 aromatic rings. The van der Waals surface area contributed by atoms with E-state index in [1.165, 1.54) is 0 Å². The minimum Gasteiger partial charge on any atom is -0.240 e. The van der Waals surface area contributed by atoms with E-state index in [4.69, 9.17) is 11.6 Å². The number of benzene rings is 1. The van der Waals surface area contributed by atoms with Crippen LogP contribution in [0.15, 0.2) is 30.5 Å². The second-order valence-electron chi connectivity index (χ2n) is 3.91. The minimum atomic E-state index is -4.46. The molecule has 0 aliphatic heterocycles. The van der Waals surface area contributed by atoms with Gasteiger partial charge >= 0.3 is 6.18 Å². The largest absolute Gasteiger partial charge is 0.443 e. The van der Waals surface area contributed by atoms with Crippen molar-refractivity contribution in [2.75, 3.05) is 0 Å². The van der Waals surface area contributed by atoms with Gasteiger partial charge in [0.1, 0.15) is 5.69 Å². The van der Waals surface area contributed by atoms with Crippen molar-refractivity contribution in [3.8, 4) is 10.6 Å². The van der Waals surface area contributed by atoms with Crippen LogP contribution in [0, 0.1) is 0 Å². The maximum Gasteiger partial charge on any atom is 0.443 e. The fourth-order valence-corrected chi connectivity index (χ4v) is 2.75. The van der Waals surface area contributed by atoms with Crippen LogP contribution in [0.2, 0.25) is 5.15 Å². The number of rotatable bonds is 1. The minimum absolute atomic E-state index is 0.213. The van der Waals surface area contributed by atoms with Gasteiger partial charge in [-0.15, -0.1) is 21.5 Å². The van der Waals surface area contributed by atoms with Crippen molar-refractivity contribution < 1.29 is 13.2 Å². The molecule has 0 amide bonds. The molecule has 8 heteroatoms. The fourth-order valence-electron chi connectivity index (χ4n) is 1.77. The first kappa shape index (κ1) is 13.3. The molecule has 0 saturated heterocycles. The average molecular weight is 316 g/mol. The van der Waals surface area contributed by atoms with Crippen LogP contribution in [0.4, 0.5) is 13.2 Å². The Bertz CT molecular complexity index is 785. The summed E-state index contributed by atoms with van der Waals surface area (Å²) in [5.41, 5.74) is 0.345. The van der Waals surface area contributed by atoms with Crippen molar-refractivity contribution in [3.63, 3.8) is 0 Å². The topological polar surface area (TPSA) is 38.7 Å². The number of fused-ring (bicyclic) bond motifs is 1. The fraction of sp³-hybridized carbons (Fsp3) is 0.0833. The van der Waals surface area contributed by atoms with Crippen LogP contribution in [-0.4, -0.2) is 15.2 Å². The Morgan fingerprint density at radius 2 is 1.75 bits per heavy atom. The van der Waals surface area contributed by atoms with Crippen LogP contribution in [0.1, 0.15) is 5.01 Å². The molecule has 3 rings (SSSR count). The van der Waals surface area contributed by atoms with Crippen LogP contribution < -0.4 is 0 Å². The summed E-state index contributed by atoms with van der Waals surface area (Å²) in [7, 11) is 0. The maximum atomic E-state index is 12.6. The maximum absolute atomic E-state index is 12.6. The van der Waals surface area contributed by atoms with E-state index in [-0.39, 0.29) is 5.15 Å². The van der Waals surface area contributed by atoms with Gasteiger partial charge in [-0.25, -0.2) is 4.98 Å². The summed E-state index contributed by atoms with van der Waals surface area (Å²) in [6, 6.07) is 7.00. The van der Waals surface area contributed by atoms with Gasteiger partial charge in [-0.2, -0.15) is 13.2 Å². The summed E-state index contributed by atoms with van der Waals surface area (Å²) in [5.74, 6) is 0. The molecule has 3 nitrogen and oxygen atoms in total. The van der Waals surface area contributed by atoms with Crippen LogP contribution >= 0.6 is 22.9 Å². The second kappa shape index (κ2) is 4.68. The Hall–Kier alpha value is -1.73. The lowest BCUT2D eigenvalue weighted by Gasteiger charge is -2.03. The molecule has 0 radical (unpaired) electrons. The summed E-state index contributed by atoms with van der Waals surface area (Å²) in [6.45, 7) is 0. The lowest BCUT2D eigenvalue weighted by Crippen LogP contribution is -2.02. The van der Waals surface area contributed by atoms with Gasteiger partial charge in [0.15, 0.2) is 10.2 Å². The van der Waals surface area contributed by atoms with Gasteiger partial charge in [0.2, 0.25) is 0 Å². The smallest absolute Gasteiger partial charge is 0.240 e. The molecule has 0 saturated carbocycles. The van der Waals surface area contributed by atoms with Crippen molar-refractivity contribution in [2.45, 2.75) is 6.18 Å². The molecule has 0 bridgehead atoms. The highest BCUT2D eigenvalue weighted by Gasteiger charge is 2.35. The molecule has 0 atom stereocenters. The predicted molar refractivity (Wildman–Crippen MR) is 70.7 cm³/mol. The zero-order chi connectivity index (χ0) is 14.3. The van der Waals surface area contributed by atoms with Crippen LogP contribution in [0.25, 0.3) is 21.3 Å². The van der Waals surface area contributed by atoms with E-state index >= 15 is 0 Å². The molecule has 102 valence electrons. The average Bonchev–Trinajstić information content (AvgIpc) is 2.89. The molecule has 0 N–H and O–H groups in total. The molecule has 2 heterocycles. The van der Waals surface area contributed by atoms with Crippen molar-refractivity contribution in [1.82, 2.24) is 15.2 Å². The van der Waals surface area contributed by atoms with Gasteiger partial charge in [0.25, 0.3) is 0 Å². The Morgan fingerprint density at radius 1 is 1.05 bits per heavy atom. The molecule has 0 fully saturated rings. The molecule has 0 aliphatic rings. The van der Waals surface area contributed by atoms with Gasteiger partial charge in [-0.3, -0.25) is 0 Å². The molecular formula is C12H5ClF3N3S. The molecule has 0 spiro atoms. The van der Waals surface area contributed by atoms with Crippen molar-refractivity contribution in [1.29, 1.82) is 0 Å². The van der Waals surface area contributed by atoms with Crippen molar-refractivity contribution in [3.05, 3.63) is 40.6 Å². The summed E-state index contributed by atoms with van der Waals surface area (Å²) in [4.78, 5) is 3.69. The zero-order valence-electron chi connectivity index (χ0n) is 9.65. The molecule has 0 unspecified atom stereocenters. The van der Waals surface area contributed by atoms with Gasteiger partial charge in [0, 0.05) is 17.0 Å². The molecule has 2 aromatic heterocycles. The highest BCUT2D eigenvalue weighted by atomic mass is 35.5. The van der Waals surface area contributed by atoms with Crippen LogP contribution in [0.5, 0.6) is 0 Å². The van der Waals surface area contributed by atoms with Gasteiger partial charge in [-0.05, 0) is 0 Å². The Labute approximate surface area is 120 Å². The third-order valence-electron chi connectivity index (χ3n) is 2.62. The first-order valence-corrected chi connectivity index (χ1v) is 6.60. The predicted octanol–water partition coefficient (Wildman–Crippen LogP) is 4.43. The number of hydrogen-bond acceptors (Lipinski definition) is 4. The molecule has 1 aromatic carbocycles. The van der Waals surface area contributed by atoms with Crippen LogP contribution in [-0.2, 0) is 6.18 Å². The highest BCUT2D eigenvalue weighted by Crippen LogP contribution is 2.38. The lowest BCUT2D eigenvalue weighted by molar-refractivity contribution is -0.137. The molecule has 20 heavy (non-hydrogen) atoms. The molecular weight excluding hydrogens is 311 g/mol. The third kappa shape index (κ3) is 2.23. The number of aromatic nitrogens is 3. The SMILES string of the molecule is FC(F)(F)c1ncc(-c2nnc(Cl)c3ccccc23)s1. The summed E-state index contributed by atoms with van der Waals surface area (Å²) in [6.07, 6.45) is -3.31. The Kier molecular flexibility index (Phi) is 3.10. The zero-order valence-corrected chi connectivity index (χ0v) is 11.2. The van der Waals surface area contributed by atoms with Gasteiger partial charge < -0.3 is 0 Å². The van der Waals surface area contributed by atoms with Crippen molar-refractivity contribution >= 4 is 33.7 Å². The van der Waals surface area contributed by atoms with E-state index in [2.05, 4.69) is 15.2 Å². The Morgan fingerprint density at radius 3 is 2.40 bits per heavy atom. The van der Waals surface area contributed by atoms with E-state index in [1.807, 2.05) is 0 Å². The van der Waals surface area contributed by atoms with Gasteiger partial charge in [0.05, 0.1) is 4.88 Å². The highest BCUT2D eigenvalue weighted by molar-refractivity contribution is 7.15. The summed E-state index contributed by atoms with van der Waals surface area (Å²) < 4.78 is 37.8. The summed E-state index contributed by atoms with van der Waals surface area (Å²) >= 11 is 6.46. The van der Waals surface area contributed by atoms with E-state index in [1.54, 1.807) is 24.3 Å². The number of hydrogen-bond donors (Lipinski definition) is 0. The number of thiazole rings is 1. The number of alkyl halides is 3. The summed E-state index contributed by atoms with van der Waals surface area (Å²) in [5, 5.41) is 8.25. The van der Waals surface area contributed by atoms with E-state index in [0.717, 1.165) is 6.20 Å². The van der Waals surface area contributed by atoms with Gasteiger partial charge in [-0.1, -0.05) is 35.9 Å². The first-order chi connectivity index (χ1) is 9.47. The van der Waals surface area contributed by atoms with Crippen molar-refractivity contribution in [2.24, 2.45) is 0 Å². The normalized spacial score (nSPS) is 12.0. The van der Waals surface area contributed by atoms with E-state index < -0.39 is 11.2 Å². The van der Waals surface area contributed by atoms with E-state index in [9.17, 15) is 13.2 Å².